The van der Waals surface area contributed by atoms with Crippen LogP contribution >= 0.6 is 0 Å². The fraction of sp³-hybridized carbons (Fsp3) is 0.667. The van der Waals surface area contributed by atoms with E-state index in [2.05, 4.69) is 9.97 Å². The number of aromatic nitrogens is 2. The molecule has 128 valence electrons. The van der Waals surface area contributed by atoms with Crippen LogP contribution in [0.4, 0.5) is 19.0 Å². The number of hydrogen-bond donors (Lipinski definition) is 0. The quantitative estimate of drug-likeness (QED) is 0.851. The van der Waals surface area contributed by atoms with Crippen LogP contribution in [0.2, 0.25) is 0 Å². The molecule has 0 unspecified atom stereocenters. The summed E-state index contributed by atoms with van der Waals surface area (Å²) in [5.41, 5.74) is 0. The molecule has 0 N–H and O–H groups in total. The molecule has 1 amide bonds. The Kier molecular flexibility index (Phi) is 5.43. The van der Waals surface area contributed by atoms with Gasteiger partial charge < -0.3 is 9.80 Å². The van der Waals surface area contributed by atoms with Gasteiger partial charge in [-0.25, -0.2) is 9.97 Å². The highest BCUT2D eigenvalue weighted by atomic mass is 19.4. The van der Waals surface area contributed by atoms with Gasteiger partial charge in [0.2, 0.25) is 11.7 Å². The van der Waals surface area contributed by atoms with Crippen molar-refractivity contribution in [3.63, 3.8) is 0 Å². The van der Waals surface area contributed by atoms with Crippen LogP contribution in [-0.4, -0.2) is 47.5 Å². The molecular weight excluding hydrogens is 309 g/mol. The molecule has 0 atom stereocenters. The van der Waals surface area contributed by atoms with Gasteiger partial charge in [-0.3, -0.25) is 4.79 Å². The molecule has 8 heteroatoms. The van der Waals surface area contributed by atoms with Crippen LogP contribution in [0.25, 0.3) is 0 Å². The van der Waals surface area contributed by atoms with Crippen LogP contribution in [0.15, 0.2) is 12.3 Å². The summed E-state index contributed by atoms with van der Waals surface area (Å²) in [6.07, 6.45) is -1.25. The smallest absolute Gasteiger partial charge is 0.356 e. The van der Waals surface area contributed by atoms with Gasteiger partial charge in [-0.2, -0.15) is 13.2 Å². The summed E-state index contributed by atoms with van der Waals surface area (Å²) in [5.74, 6) is -0.317. The summed E-state index contributed by atoms with van der Waals surface area (Å²) >= 11 is 0. The minimum absolute atomic E-state index is 0.109. The fourth-order valence-electron chi connectivity index (χ4n) is 2.77. The number of carbonyl (C=O) groups excluding carboxylic acids is 1. The molecule has 1 saturated heterocycles. The van der Waals surface area contributed by atoms with Crippen molar-refractivity contribution in [2.24, 2.45) is 5.92 Å². The third-order valence-electron chi connectivity index (χ3n) is 4.09. The number of anilines is 1. The van der Waals surface area contributed by atoms with E-state index in [4.69, 9.17) is 0 Å². The van der Waals surface area contributed by atoms with Crippen molar-refractivity contribution in [1.82, 2.24) is 14.9 Å². The zero-order chi connectivity index (χ0) is 17.0. The minimum Gasteiger partial charge on any atom is -0.356 e. The number of hydrogen-bond acceptors (Lipinski definition) is 4. The van der Waals surface area contributed by atoms with E-state index in [-0.39, 0.29) is 5.91 Å². The lowest BCUT2D eigenvalue weighted by molar-refractivity contribution is -0.144. The Balaban J connectivity index is 1.93. The molecular formula is C15H21F3N4O. The number of piperidine rings is 1. The maximum absolute atomic E-state index is 12.7. The third kappa shape index (κ3) is 4.56. The van der Waals surface area contributed by atoms with Gasteiger partial charge in [0.15, 0.2) is 0 Å². The largest absolute Gasteiger partial charge is 0.451 e. The number of alkyl halides is 3. The van der Waals surface area contributed by atoms with E-state index < -0.39 is 12.0 Å². The number of rotatable bonds is 4. The first-order chi connectivity index (χ1) is 10.8. The van der Waals surface area contributed by atoms with Crippen molar-refractivity contribution in [3.05, 3.63) is 18.1 Å². The highest BCUT2D eigenvalue weighted by molar-refractivity contribution is 5.75. The van der Waals surface area contributed by atoms with Gasteiger partial charge in [-0.1, -0.05) is 6.92 Å². The molecule has 0 radical (unpaired) electrons. The van der Waals surface area contributed by atoms with Crippen molar-refractivity contribution in [2.75, 3.05) is 31.6 Å². The molecule has 1 aromatic rings. The molecule has 1 fully saturated rings. The first kappa shape index (κ1) is 17.5. The maximum Gasteiger partial charge on any atom is 0.451 e. The summed E-state index contributed by atoms with van der Waals surface area (Å²) in [6, 6.07) is 1.50. The predicted molar refractivity (Wildman–Crippen MR) is 79.9 cm³/mol. The zero-order valence-corrected chi connectivity index (χ0v) is 13.3. The lowest BCUT2D eigenvalue weighted by Gasteiger charge is -2.34. The van der Waals surface area contributed by atoms with Crippen molar-refractivity contribution in [3.8, 4) is 0 Å². The number of halogens is 3. The number of carbonyl (C=O) groups is 1. The van der Waals surface area contributed by atoms with E-state index in [1.54, 1.807) is 11.9 Å². The Labute approximate surface area is 133 Å². The van der Waals surface area contributed by atoms with Gasteiger partial charge in [-0.05, 0) is 24.8 Å². The Bertz CT molecular complexity index is 542. The second kappa shape index (κ2) is 7.14. The molecule has 2 rings (SSSR count). The highest BCUT2D eigenvalue weighted by Gasteiger charge is 2.35. The molecule has 1 aromatic heterocycles. The lowest BCUT2D eigenvalue weighted by atomic mass is 9.96. The summed E-state index contributed by atoms with van der Waals surface area (Å²) < 4.78 is 38.0. The second-order valence-electron chi connectivity index (χ2n) is 5.79. The topological polar surface area (TPSA) is 49.3 Å². The highest BCUT2D eigenvalue weighted by Crippen LogP contribution is 2.28. The zero-order valence-electron chi connectivity index (χ0n) is 13.3. The monoisotopic (exact) mass is 330 g/mol. The lowest BCUT2D eigenvalue weighted by Crippen LogP contribution is -2.39. The van der Waals surface area contributed by atoms with E-state index in [1.807, 2.05) is 11.8 Å². The fourth-order valence-corrected chi connectivity index (χ4v) is 2.77. The Morgan fingerprint density at radius 2 is 2.04 bits per heavy atom. The molecule has 1 aliphatic heterocycles. The van der Waals surface area contributed by atoms with Crippen molar-refractivity contribution < 1.29 is 18.0 Å². The van der Waals surface area contributed by atoms with Crippen LogP contribution in [0.3, 0.4) is 0 Å². The normalized spacial score (nSPS) is 16.5. The molecule has 0 bridgehead atoms. The molecule has 0 aliphatic carbocycles. The van der Waals surface area contributed by atoms with E-state index >= 15 is 0 Å². The second-order valence-corrected chi connectivity index (χ2v) is 5.79. The Morgan fingerprint density at radius 1 is 1.39 bits per heavy atom. The minimum atomic E-state index is -4.53. The maximum atomic E-state index is 12.7. The van der Waals surface area contributed by atoms with Gasteiger partial charge in [0.05, 0.1) is 0 Å². The molecule has 0 spiro atoms. The van der Waals surface area contributed by atoms with Crippen LogP contribution in [0.5, 0.6) is 0 Å². The Hall–Kier alpha value is -1.86. The summed E-state index contributed by atoms with van der Waals surface area (Å²) in [5, 5.41) is 0. The van der Waals surface area contributed by atoms with E-state index in [0.29, 0.717) is 37.8 Å². The molecule has 1 aliphatic rings. The molecule has 0 saturated carbocycles. The Morgan fingerprint density at radius 3 is 2.61 bits per heavy atom. The molecule has 5 nitrogen and oxygen atoms in total. The van der Waals surface area contributed by atoms with Crippen LogP contribution < -0.4 is 4.90 Å². The van der Waals surface area contributed by atoms with Crippen LogP contribution in [-0.2, 0) is 11.0 Å². The standard InChI is InChI=1S/C15H21F3N4O/c1-3-13(23)21(2)10-11-5-8-22(9-6-11)12-4-7-19-14(20-12)15(16,17)18/h4,7,11H,3,5-6,8-10H2,1-2H3. The van der Waals surface area contributed by atoms with Gasteiger partial charge in [0.1, 0.15) is 5.82 Å². The average molecular weight is 330 g/mol. The van der Waals surface area contributed by atoms with E-state index in [0.717, 1.165) is 19.0 Å². The summed E-state index contributed by atoms with van der Waals surface area (Å²) in [7, 11) is 1.79. The van der Waals surface area contributed by atoms with Crippen LogP contribution in [0.1, 0.15) is 32.0 Å². The van der Waals surface area contributed by atoms with Gasteiger partial charge in [-0.15, -0.1) is 0 Å². The van der Waals surface area contributed by atoms with E-state index in [9.17, 15) is 18.0 Å². The van der Waals surface area contributed by atoms with Crippen molar-refractivity contribution >= 4 is 11.7 Å². The summed E-state index contributed by atoms with van der Waals surface area (Å²) in [4.78, 5) is 22.1. The predicted octanol–water partition coefficient (Wildman–Crippen LogP) is 2.58. The van der Waals surface area contributed by atoms with Crippen molar-refractivity contribution in [1.29, 1.82) is 0 Å². The average Bonchev–Trinajstić information content (AvgIpc) is 2.54. The first-order valence-corrected chi connectivity index (χ1v) is 7.70. The number of amides is 1. The van der Waals surface area contributed by atoms with E-state index in [1.165, 1.54) is 6.07 Å². The van der Waals surface area contributed by atoms with Crippen LogP contribution in [0, 0.1) is 5.92 Å². The van der Waals surface area contributed by atoms with Crippen molar-refractivity contribution in [2.45, 2.75) is 32.4 Å². The van der Waals surface area contributed by atoms with Gasteiger partial charge >= 0.3 is 6.18 Å². The molecule has 23 heavy (non-hydrogen) atoms. The SMILES string of the molecule is CCC(=O)N(C)CC1CCN(c2ccnc(C(F)(F)F)n2)CC1. The first-order valence-electron chi connectivity index (χ1n) is 7.70. The van der Waals surface area contributed by atoms with Gasteiger partial charge in [0.25, 0.3) is 0 Å². The van der Waals surface area contributed by atoms with Gasteiger partial charge in [0, 0.05) is 39.3 Å². The third-order valence-corrected chi connectivity index (χ3v) is 4.09. The number of nitrogens with zero attached hydrogens (tertiary/aromatic N) is 4. The molecule has 2 heterocycles. The summed E-state index contributed by atoms with van der Waals surface area (Å²) in [6.45, 7) is 3.78. The molecule has 0 aromatic carbocycles.